The number of hydrogen-bond acceptors (Lipinski definition) is 6. The van der Waals surface area contributed by atoms with Gasteiger partial charge in [-0.05, 0) is 40.2 Å². The fraction of sp³-hybridized carbons (Fsp3) is 0. The monoisotopic (exact) mass is 518 g/mol. The highest BCUT2D eigenvalue weighted by molar-refractivity contribution is 9.10. The Morgan fingerprint density at radius 3 is 2.33 bits per heavy atom. The summed E-state index contributed by atoms with van der Waals surface area (Å²) in [6.45, 7) is 0. The van der Waals surface area contributed by atoms with Crippen LogP contribution >= 0.6 is 15.9 Å². The van der Waals surface area contributed by atoms with Gasteiger partial charge in [-0.3, -0.25) is 14.9 Å². The number of halogens is 2. The van der Waals surface area contributed by atoms with Gasteiger partial charge in [-0.25, -0.2) is 14.0 Å². The number of rotatable bonds is 7. The molecule has 0 fully saturated rings. The molecule has 168 valence electrons. The van der Waals surface area contributed by atoms with Gasteiger partial charge in [-0.1, -0.05) is 6.07 Å². The number of carbonyl (C=O) groups is 3. The van der Waals surface area contributed by atoms with Crippen LogP contribution in [0.4, 0.5) is 15.8 Å². The number of anilines is 1. The van der Waals surface area contributed by atoms with Crippen molar-refractivity contribution in [2.24, 2.45) is 0 Å². The SMILES string of the molecule is O=C(Nc1cc(F)c(Br)cc1Oc1ccc(C(=O)O)c(C(=O)O)c1)c1cccc([N+](=O)[O-])c1. The molecule has 0 saturated carbocycles. The topological polar surface area (TPSA) is 156 Å². The second-order valence-corrected chi connectivity index (χ2v) is 7.30. The van der Waals surface area contributed by atoms with E-state index in [0.29, 0.717) is 0 Å². The van der Waals surface area contributed by atoms with Gasteiger partial charge in [0.25, 0.3) is 11.6 Å². The first-order valence-electron chi connectivity index (χ1n) is 8.90. The minimum absolute atomic E-state index is 0.0357. The van der Waals surface area contributed by atoms with E-state index in [1.807, 2.05) is 0 Å². The van der Waals surface area contributed by atoms with Crippen molar-refractivity contribution in [2.75, 3.05) is 5.32 Å². The molecule has 0 aliphatic rings. The van der Waals surface area contributed by atoms with Crippen LogP contribution in [-0.4, -0.2) is 33.0 Å². The molecule has 10 nitrogen and oxygen atoms in total. The van der Waals surface area contributed by atoms with Crippen molar-refractivity contribution >= 4 is 45.2 Å². The number of nitrogens with zero attached hydrogens (tertiary/aromatic N) is 1. The summed E-state index contributed by atoms with van der Waals surface area (Å²) in [6, 6.07) is 10.2. The summed E-state index contributed by atoms with van der Waals surface area (Å²) in [5, 5.41) is 31.7. The van der Waals surface area contributed by atoms with Crippen molar-refractivity contribution < 1.29 is 38.6 Å². The summed E-state index contributed by atoms with van der Waals surface area (Å²) in [4.78, 5) is 45.5. The molecule has 0 bridgehead atoms. The van der Waals surface area contributed by atoms with Crippen LogP contribution in [0.1, 0.15) is 31.1 Å². The lowest BCUT2D eigenvalue weighted by atomic mass is 10.1. The Morgan fingerprint density at radius 1 is 1.00 bits per heavy atom. The number of benzene rings is 3. The van der Waals surface area contributed by atoms with E-state index in [1.54, 1.807) is 0 Å². The maximum absolute atomic E-state index is 14.1. The molecule has 0 radical (unpaired) electrons. The van der Waals surface area contributed by atoms with E-state index < -0.39 is 39.7 Å². The average molecular weight is 519 g/mol. The first kappa shape index (κ1) is 23.3. The second-order valence-electron chi connectivity index (χ2n) is 6.44. The van der Waals surface area contributed by atoms with E-state index in [9.17, 15) is 34.0 Å². The van der Waals surface area contributed by atoms with Crippen LogP contribution in [0.5, 0.6) is 11.5 Å². The van der Waals surface area contributed by atoms with E-state index in [-0.39, 0.29) is 32.9 Å². The largest absolute Gasteiger partial charge is 0.478 e. The molecule has 0 aliphatic carbocycles. The summed E-state index contributed by atoms with van der Waals surface area (Å²) in [7, 11) is 0. The zero-order valence-corrected chi connectivity index (χ0v) is 17.8. The third kappa shape index (κ3) is 5.30. The van der Waals surface area contributed by atoms with Gasteiger partial charge in [0, 0.05) is 29.8 Å². The summed E-state index contributed by atoms with van der Waals surface area (Å²) in [6.07, 6.45) is 0. The molecule has 3 aromatic carbocycles. The zero-order valence-electron chi connectivity index (χ0n) is 16.2. The summed E-state index contributed by atoms with van der Waals surface area (Å²) >= 11 is 2.98. The fourth-order valence-electron chi connectivity index (χ4n) is 2.74. The molecule has 12 heteroatoms. The Balaban J connectivity index is 1.97. The molecule has 0 saturated heterocycles. The number of non-ortho nitro benzene ring substituents is 1. The number of ether oxygens (including phenoxy) is 1. The average Bonchev–Trinajstić information content (AvgIpc) is 2.76. The van der Waals surface area contributed by atoms with Crippen LogP contribution in [0.15, 0.2) is 59.1 Å². The molecule has 0 unspecified atom stereocenters. The lowest BCUT2D eigenvalue weighted by Gasteiger charge is -2.14. The molecule has 0 aliphatic heterocycles. The first-order valence-corrected chi connectivity index (χ1v) is 9.69. The normalized spacial score (nSPS) is 10.4. The molecule has 3 rings (SSSR count). The lowest BCUT2D eigenvalue weighted by molar-refractivity contribution is -0.384. The van der Waals surface area contributed by atoms with Gasteiger partial charge in [-0.15, -0.1) is 0 Å². The highest BCUT2D eigenvalue weighted by Gasteiger charge is 2.19. The smallest absolute Gasteiger partial charge is 0.336 e. The van der Waals surface area contributed by atoms with Crippen molar-refractivity contribution in [1.29, 1.82) is 0 Å². The van der Waals surface area contributed by atoms with Gasteiger partial charge in [0.1, 0.15) is 11.6 Å². The Hall–Kier alpha value is -4.32. The van der Waals surface area contributed by atoms with Crippen LogP contribution in [0.3, 0.4) is 0 Å². The third-order valence-electron chi connectivity index (χ3n) is 4.27. The molecule has 3 N–H and O–H groups in total. The minimum atomic E-state index is -1.50. The Kier molecular flexibility index (Phi) is 6.68. The standard InChI is InChI=1S/C21H12BrFN2O8/c22-15-8-18(33-12-4-5-13(20(27)28)14(7-12)21(29)30)17(9-16(15)23)24-19(26)10-2-1-3-11(6-10)25(31)32/h1-9H,(H,24,26)(H,27,28)(H,29,30). The first-order chi connectivity index (χ1) is 15.6. The van der Waals surface area contributed by atoms with Crippen LogP contribution in [0.2, 0.25) is 0 Å². The number of nitrogens with one attached hydrogen (secondary N) is 1. The molecule has 0 atom stereocenters. The van der Waals surface area contributed by atoms with E-state index in [2.05, 4.69) is 21.2 Å². The van der Waals surface area contributed by atoms with E-state index in [4.69, 9.17) is 9.84 Å². The Labute approximate surface area is 192 Å². The molecule has 3 aromatic rings. The van der Waals surface area contributed by atoms with Crippen molar-refractivity contribution in [2.45, 2.75) is 0 Å². The number of carboxylic acid groups (broad SMARTS) is 2. The minimum Gasteiger partial charge on any atom is -0.478 e. The van der Waals surface area contributed by atoms with E-state index in [0.717, 1.165) is 24.3 Å². The molecule has 33 heavy (non-hydrogen) atoms. The maximum Gasteiger partial charge on any atom is 0.336 e. The number of carbonyl (C=O) groups excluding carboxylic acids is 1. The highest BCUT2D eigenvalue weighted by atomic mass is 79.9. The molecular weight excluding hydrogens is 507 g/mol. The van der Waals surface area contributed by atoms with Crippen LogP contribution < -0.4 is 10.1 Å². The van der Waals surface area contributed by atoms with Gasteiger partial charge >= 0.3 is 11.9 Å². The molecular formula is C21H12BrFN2O8. The van der Waals surface area contributed by atoms with Crippen molar-refractivity contribution in [1.82, 2.24) is 0 Å². The van der Waals surface area contributed by atoms with E-state index >= 15 is 0 Å². The number of nitro benzene ring substituents is 1. The molecule has 0 spiro atoms. The zero-order chi connectivity index (χ0) is 24.3. The number of hydrogen-bond donors (Lipinski definition) is 3. The molecule has 0 aromatic heterocycles. The van der Waals surface area contributed by atoms with Crippen molar-refractivity contribution in [3.05, 3.63) is 91.7 Å². The van der Waals surface area contributed by atoms with Gasteiger partial charge in [0.2, 0.25) is 0 Å². The highest BCUT2D eigenvalue weighted by Crippen LogP contribution is 2.35. The summed E-state index contributed by atoms with van der Waals surface area (Å²) in [5.74, 6) is -4.71. The fourth-order valence-corrected chi connectivity index (χ4v) is 3.07. The van der Waals surface area contributed by atoms with Crippen LogP contribution in [-0.2, 0) is 0 Å². The van der Waals surface area contributed by atoms with Gasteiger partial charge in [-0.2, -0.15) is 0 Å². The molecule has 1 amide bonds. The Morgan fingerprint density at radius 2 is 1.70 bits per heavy atom. The number of aromatic carboxylic acids is 2. The number of carboxylic acids is 2. The predicted molar refractivity (Wildman–Crippen MR) is 116 cm³/mol. The Bertz CT molecular complexity index is 1310. The maximum atomic E-state index is 14.1. The van der Waals surface area contributed by atoms with Crippen molar-refractivity contribution in [3.8, 4) is 11.5 Å². The van der Waals surface area contributed by atoms with Crippen LogP contribution in [0.25, 0.3) is 0 Å². The van der Waals surface area contributed by atoms with Crippen LogP contribution in [0, 0.1) is 15.9 Å². The quantitative estimate of drug-likeness (QED) is 0.293. The van der Waals surface area contributed by atoms with Gasteiger partial charge in [0.15, 0.2) is 5.75 Å². The predicted octanol–water partition coefficient (Wildman–Crippen LogP) is 4.94. The number of amides is 1. The molecule has 0 heterocycles. The van der Waals surface area contributed by atoms with E-state index in [1.165, 1.54) is 30.3 Å². The van der Waals surface area contributed by atoms with Gasteiger partial charge < -0.3 is 20.3 Å². The number of nitro groups is 1. The van der Waals surface area contributed by atoms with Crippen molar-refractivity contribution in [3.63, 3.8) is 0 Å². The summed E-state index contributed by atoms with van der Waals surface area (Å²) in [5.41, 5.74) is -1.55. The lowest BCUT2D eigenvalue weighted by Crippen LogP contribution is -2.13. The second kappa shape index (κ2) is 9.44. The van der Waals surface area contributed by atoms with Gasteiger partial charge in [0.05, 0.1) is 26.2 Å². The third-order valence-corrected chi connectivity index (χ3v) is 4.88. The summed E-state index contributed by atoms with van der Waals surface area (Å²) < 4.78 is 19.7.